The Kier molecular flexibility index (Phi) is 8.02. The maximum Gasteiger partial charge on any atom is 0.433 e. The summed E-state index contributed by atoms with van der Waals surface area (Å²) >= 11 is 11.5. The van der Waals surface area contributed by atoms with Crippen LogP contribution in [0.4, 0.5) is 24.9 Å². The number of nitrogens with one attached hydrogen (secondary N) is 2. The molecule has 3 heterocycles. The van der Waals surface area contributed by atoms with Gasteiger partial charge in [0.1, 0.15) is 5.82 Å². The zero-order valence-electron chi connectivity index (χ0n) is 19.5. The molecule has 0 aliphatic carbocycles. The molecule has 2 fully saturated rings. The van der Waals surface area contributed by atoms with Gasteiger partial charge < -0.3 is 20.3 Å². The normalized spacial score (nSPS) is 20.4. The Morgan fingerprint density at radius 3 is 2.60 bits per heavy atom. The number of thiocarbonyl (C=S) groups is 1. The lowest BCUT2D eigenvalue weighted by Gasteiger charge is -2.38. The second-order valence-electron chi connectivity index (χ2n) is 9.33. The molecule has 2 saturated heterocycles. The lowest BCUT2D eigenvalue weighted by Crippen LogP contribution is -2.45. The Morgan fingerprint density at radius 1 is 1.23 bits per heavy atom. The molecule has 2 aliphatic heterocycles. The summed E-state index contributed by atoms with van der Waals surface area (Å²) in [7, 11) is 0. The van der Waals surface area contributed by atoms with E-state index in [0.29, 0.717) is 43.8 Å². The van der Waals surface area contributed by atoms with Gasteiger partial charge in [-0.1, -0.05) is 30.7 Å². The molecular weight excluding hydrogens is 499 g/mol. The Morgan fingerprint density at radius 2 is 1.94 bits per heavy atom. The van der Waals surface area contributed by atoms with E-state index >= 15 is 0 Å². The molecule has 0 bridgehead atoms. The standard InChI is InChI=1S/C24H29ClF3N5OS/c1-16-3-2-10-33(14-16)20-13-19(24(26,27)28)30-21(31-20)32-22(35)29-15-23(8-11-34-12-9-23)17-4-6-18(25)7-5-17/h4-7,13,16H,2-3,8-12,14-15H2,1H3,(H2,29,30,31,32,35). The van der Waals surface area contributed by atoms with Gasteiger partial charge in [-0.15, -0.1) is 0 Å². The molecule has 1 atom stereocenters. The van der Waals surface area contributed by atoms with Gasteiger partial charge in [-0.2, -0.15) is 18.2 Å². The van der Waals surface area contributed by atoms with Crippen molar-refractivity contribution >= 4 is 40.7 Å². The summed E-state index contributed by atoms with van der Waals surface area (Å²) in [6.07, 6.45) is -1.08. The molecule has 2 aliphatic rings. The van der Waals surface area contributed by atoms with Crippen LogP contribution in [0.2, 0.25) is 5.02 Å². The number of anilines is 2. The number of hydrogen-bond donors (Lipinski definition) is 2. The van der Waals surface area contributed by atoms with Crippen LogP contribution >= 0.6 is 23.8 Å². The van der Waals surface area contributed by atoms with Crippen molar-refractivity contribution < 1.29 is 17.9 Å². The molecule has 4 rings (SSSR count). The van der Waals surface area contributed by atoms with Crippen LogP contribution in [0.5, 0.6) is 0 Å². The molecule has 1 aromatic heterocycles. The molecule has 0 saturated carbocycles. The summed E-state index contributed by atoms with van der Waals surface area (Å²) in [5.41, 5.74) is -0.122. The minimum atomic E-state index is -4.59. The molecule has 0 radical (unpaired) electrons. The third kappa shape index (κ3) is 6.54. The number of benzene rings is 1. The van der Waals surface area contributed by atoms with E-state index < -0.39 is 11.9 Å². The van der Waals surface area contributed by atoms with Crippen LogP contribution < -0.4 is 15.5 Å². The van der Waals surface area contributed by atoms with Crippen LogP contribution in [0, 0.1) is 5.92 Å². The van der Waals surface area contributed by atoms with Gasteiger partial charge in [0, 0.05) is 49.4 Å². The van der Waals surface area contributed by atoms with Crippen molar-refractivity contribution in [2.45, 2.75) is 44.2 Å². The number of alkyl halides is 3. The second kappa shape index (κ2) is 10.8. The van der Waals surface area contributed by atoms with Gasteiger partial charge >= 0.3 is 6.18 Å². The van der Waals surface area contributed by atoms with Crippen molar-refractivity contribution in [2.24, 2.45) is 5.92 Å². The van der Waals surface area contributed by atoms with Crippen LogP contribution in [0.1, 0.15) is 43.9 Å². The van der Waals surface area contributed by atoms with Crippen molar-refractivity contribution in [3.8, 4) is 0 Å². The van der Waals surface area contributed by atoms with Crippen molar-refractivity contribution in [3.05, 3.63) is 46.6 Å². The Hall–Kier alpha value is -2.17. The highest BCUT2D eigenvalue weighted by Gasteiger charge is 2.36. The van der Waals surface area contributed by atoms with E-state index in [2.05, 4.69) is 27.5 Å². The number of hydrogen-bond acceptors (Lipinski definition) is 5. The molecule has 11 heteroatoms. The van der Waals surface area contributed by atoms with Crippen LogP contribution in [0.15, 0.2) is 30.3 Å². The maximum absolute atomic E-state index is 13.6. The van der Waals surface area contributed by atoms with Gasteiger partial charge in [0.15, 0.2) is 10.8 Å². The van der Waals surface area contributed by atoms with Gasteiger partial charge in [-0.25, -0.2) is 4.98 Å². The smallest absolute Gasteiger partial charge is 0.381 e. The lowest BCUT2D eigenvalue weighted by molar-refractivity contribution is -0.141. The van der Waals surface area contributed by atoms with E-state index in [-0.39, 0.29) is 22.3 Å². The average Bonchev–Trinajstić information content (AvgIpc) is 2.83. The van der Waals surface area contributed by atoms with E-state index in [1.807, 2.05) is 29.2 Å². The monoisotopic (exact) mass is 527 g/mol. The molecule has 1 unspecified atom stereocenters. The summed E-state index contributed by atoms with van der Waals surface area (Å²) in [6, 6.07) is 8.70. The molecule has 0 amide bonds. The van der Waals surface area contributed by atoms with E-state index in [9.17, 15) is 13.2 Å². The van der Waals surface area contributed by atoms with Gasteiger partial charge in [0.25, 0.3) is 0 Å². The Bertz CT molecular complexity index is 1030. The highest BCUT2D eigenvalue weighted by atomic mass is 35.5. The fourth-order valence-electron chi connectivity index (χ4n) is 4.72. The minimum absolute atomic E-state index is 0.168. The maximum atomic E-state index is 13.6. The van der Waals surface area contributed by atoms with Crippen molar-refractivity contribution in [2.75, 3.05) is 43.1 Å². The summed E-state index contributed by atoms with van der Waals surface area (Å²) in [4.78, 5) is 9.95. The topological polar surface area (TPSA) is 62.3 Å². The molecule has 6 nitrogen and oxygen atoms in total. The van der Waals surface area contributed by atoms with Crippen LogP contribution in [0.25, 0.3) is 0 Å². The number of halogens is 4. The molecule has 0 spiro atoms. The first kappa shape index (κ1) is 25.9. The number of ether oxygens (including phenoxy) is 1. The highest BCUT2D eigenvalue weighted by molar-refractivity contribution is 7.80. The quantitative estimate of drug-likeness (QED) is 0.503. The largest absolute Gasteiger partial charge is 0.433 e. The van der Waals surface area contributed by atoms with Crippen molar-refractivity contribution in [3.63, 3.8) is 0 Å². The number of aromatic nitrogens is 2. The lowest BCUT2D eigenvalue weighted by atomic mass is 9.74. The first-order valence-corrected chi connectivity index (χ1v) is 12.5. The summed E-state index contributed by atoms with van der Waals surface area (Å²) in [6.45, 7) is 5.11. The van der Waals surface area contributed by atoms with Crippen LogP contribution in [0.3, 0.4) is 0 Å². The van der Waals surface area contributed by atoms with E-state index in [0.717, 1.165) is 37.3 Å². The van der Waals surface area contributed by atoms with E-state index in [1.165, 1.54) is 0 Å². The molecule has 35 heavy (non-hydrogen) atoms. The fourth-order valence-corrected chi connectivity index (χ4v) is 5.01. The first-order valence-electron chi connectivity index (χ1n) is 11.7. The Labute approximate surface area is 213 Å². The summed E-state index contributed by atoms with van der Waals surface area (Å²) in [5.74, 6) is 0.472. The van der Waals surface area contributed by atoms with Gasteiger partial charge in [0.2, 0.25) is 5.95 Å². The zero-order chi connectivity index (χ0) is 25.1. The second-order valence-corrected chi connectivity index (χ2v) is 10.2. The van der Waals surface area contributed by atoms with Gasteiger partial charge in [0.05, 0.1) is 0 Å². The third-order valence-corrected chi connectivity index (χ3v) is 7.20. The average molecular weight is 528 g/mol. The minimum Gasteiger partial charge on any atom is -0.381 e. The highest BCUT2D eigenvalue weighted by Crippen LogP contribution is 2.35. The van der Waals surface area contributed by atoms with Crippen molar-refractivity contribution in [1.29, 1.82) is 0 Å². The predicted molar refractivity (Wildman–Crippen MR) is 135 cm³/mol. The number of rotatable bonds is 5. The molecule has 1 aromatic carbocycles. The molecular formula is C24H29ClF3N5OS. The zero-order valence-corrected chi connectivity index (χ0v) is 21.1. The van der Waals surface area contributed by atoms with E-state index in [4.69, 9.17) is 28.6 Å². The number of nitrogens with zero attached hydrogens (tertiary/aromatic N) is 3. The van der Waals surface area contributed by atoms with Crippen LogP contribution in [-0.2, 0) is 16.3 Å². The van der Waals surface area contributed by atoms with Gasteiger partial charge in [-0.05, 0) is 61.5 Å². The number of piperidine rings is 1. The molecule has 190 valence electrons. The SMILES string of the molecule is CC1CCCN(c2cc(C(F)(F)F)nc(NC(=S)NCC3(c4ccc(Cl)cc4)CCOCC3)n2)C1. The molecule has 2 N–H and O–H groups in total. The summed E-state index contributed by atoms with van der Waals surface area (Å²) < 4.78 is 46.3. The summed E-state index contributed by atoms with van der Waals surface area (Å²) in [5, 5.41) is 6.78. The third-order valence-electron chi connectivity index (χ3n) is 6.70. The van der Waals surface area contributed by atoms with Crippen LogP contribution in [-0.4, -0.2) is 47.9 Å². The predicted octanol–water partition coefficient (Wildman–Crippen LogP) is 5.42. The van der Waals surface area contributed by atoms with Crippen molar-refractivity contribution in [1.82, 2.24) is 15.3 Å². The molecule has 2 aromatic rings. The first-order chi connectivity index (χ1) is 16.6. The Balaban J connectivity index is 1.50. The van der Waals surface area contributed by atoms with Gasteiger partial charge in [-0.3, -0.25) is 0 Å². The van der Waals surface area contributed by atoms with E-state index in [1.54, 1.807) is 0 Å². The fraction of sp³-hybridized carbons (Fsp3) is 0.542.